The molecule has 6 rings (SSSR count). The maximum Gasteiger partial charge on any atom is -0.0683 e. The molecule has 332 valence electrons. The number of ether oxygens (including phenoxy) is 3. The summed E-state index contributed by atoms with van der Waals surface area (Å²) in [5, 5.41) is 0. The summed E-state index contributed by atoms with van der Waals surface area (Å²) in [5.74, 6) is 7.42. The summed E-state index contributed by atoms with van der Waals surface area (Å²) in [7, 11) is 4.18. The van der Waals surface area contributed by atoms with Crippen LogP contribution in [0.3, 0.4) is 0 Å². The van der Waals surface area contributed by atoms with E-state index in [4.69, 9.17) is 14.2 Å². The first-order valence-corrected chi connectivity index (χ1v) is 23.9. The molecule has 3 saturated carbocycles. The first-order chi connectivity index (χ1) is 27.7. The van der Waals surface area contributed by atoms with Gasteiger partial charge >= 0.3 is 347 Å². The molecule has 1 saturated heterocycles. The summed E-state index contributed by atoms with van der Waals surface area (Å²) >= 11 is 1.20. The van der Waals surface area contributed by atoms with Crippen LogP contribution in [-0.4, -0.2) is 84.8 Å². The third-order valence-corrected chi connectivity index (χ3v) is 15.2. The fraction of sp³-hybridized carbons (Fsp3) is 0.780. The molecule has 0 amide bonds. The van der Waals surface area contributed by atoms with E-state index in [9.17, 15) is 0 Å². The van der Waals surface area contributed by atoms with E-state index in [1.165, 1.54) is 86.2 Å². The Morgan fingerprint density at radius 2 is 1.80 bits per heavy atom. The van der Waals surface area contributed by atoms with Crippen molar-refractivity contribution in [3.05, 3.63) is 47.1 Å². The molecule has 1 aromatic heterocycles. The standard InChI is InChI=1S/C47H75BN4O3S.C2H6.CH4/c1-33(2)16-15-17-35(30-48-52(45(5,6)7)31-38(53-10)32-55-44-43(49-56-50-44)51-24-26-54-27-25-51)42-36(28-34(3)4)29-47(9)40-22-21-37-18-13-14-23-46(37,8)39(40)19-11-12-20-41(42)47;1-2;/h12,16,20,30,36-41H,3,11,13-15,17-19,21-29,31-32H2,1-2,4-10H3;1-2H3;1H4/b20-12?,42-35+;;. The van der Waals surface area contributed by atoms with E-state index in [2.05, 4.69) is 112 Å². The molecule has 0 aromatic carbocycles. The van der Waals surface area contributed by atoms with E-state index in [1.54, 1.807) is 12.7 Å². The monoisotopic (exact) mass is 833 g/mol. The minimum Gasteiger partial charge on any atom is -0.0683 e. The second-order valence-corrected chi connectivity index (χ2v) is 20.4. The summed E-state index contributed by atoms with van der Waals surface area (Å²) in [5.41, 5.74) is 6.58. The van der Waals surface area contributed by atoms with Crippen molar-refractivity contribution in [2.45, 2.75) is 165 Å². The maximum absolute atomic E-state index is 6.35. The number of nitrogens with zero attached hydrogens (tertiary/aromatic N) is 4. The average Bonchev–Trinajstić information content (AvgIpc) is 3.76. The summed E-state index contributed by atoms with van der Waals surface area (Å²) in [6, 6.07) is 0. The minimum atomic E-state index is -0.146. The number of hydrogen-bond donors (Lipinski definition) is 0. The van der Waals surface area contributed by atoms with Gasteiger partial charge in [-0.1, -0.05) is 21.3 Å². The fourth-order valence-corrected chi connectivity index (χ4v) is 12.3. The SMILES string of the molecule is C.C=C(C)CC1CC2(C)C(C=CCCC3C2CCC2CCCCC23C)/C1=C(/C=BN(CC(COc1nsnc1N1CCOCC1)OC)C(C)(C)C)CCC=C(C)C.CC. The van der Waals surface area contributed by atoms with Crippen LogP contribution in [0, 0.1) is 40.4 Å². The van der Waals surface area contributed by atoms with Gasteiger partial charge in [0.1, 0.15) is 0 Å². The van der Waals surface area contributed by atoms with Crippen molar-refractivity contribution in [2.75, 3.05) is 51.5 Å². The molecule has 5 aliphatic rings. The van der Waals surface area contributed by atoms with Gasteiger partial charge in [-0.3, -0.25) is 0 Å². The third-order valence-electron chi connectivity index (χ3n) is 14.7. The molecule has 1 aliphatic heterocycles. The predicted octanol–water partition coefficient (Wildman–Crippen LogP) is 12.2. The number of aromatic nitrogens is 2. The fourth-order valence-electron chi connectivity index (χ4n) is 11.8. The topological polar surface area (TPSA) is 60.0 Å². The molecular weight excluding hydrogens is 747 g/mol. The van der Waals surface area contributed by atoms with Crippen LogP contribution in [0.2, 0.25) is 0 Å². The van der Waals surface area contributed by atoms with Crippen LogP contribution < -0.4 is 9.64 Å². The van der Waals surface area contributed by atoms with Crippen LogP contribution in [-0.2, 0) is 9.47 Å². The maximum atomic E-state index is 6.35. The predicted molar refractivity (Wildman–Crippen MR) is 255 cm³/mol. The van der Waals surface area contributed by atoms with E-state index in [0.717, 1.165) is 55.9 Å². The normalized spacial score (nSPS) is 30.5. The van der Waals surface area contributed by atoms with Crippen LogP contribution in [0.1, 0.15) is 154 Å². The molecule has 2 heterocycles. The quantitative estimate of drug-likeness (QED) is 0.137. The van der Waals surface area contributed by atoms with E-state index in [1.807, 2.05) is 13.8 Å². The Labute approximate surface area is 367 Å². The van der Waals surface area contributed by atoms with Crippen LogP contribution in [0.15, 0.2) is 47.1 Å². The number of allylic oxidation sites excluding steroid dienone is 7. The molecule has 4 aliphatic carbocycles. The van der Waals surface area contributed by atoms with E-state index < -0.39 is 0 Å². The zero-order valence-corrected chi connectivity index (χ0v) is 39.5. The van der Waals surface area contributed by atoms with Gasteiger partial charge in [0, 0.05) is 0 Å². The summed E-state index contributed by atoms with van der Waals surface area (Å²) in [4.78, 5) is 4.67. The van der Waals surface area contributed by atoms with E-state index in [-0.39, 0.29) is 24.5 Å². The molecule has 8 atom stereocenters. The largest absolute Gasteiger partial charge is 0.0683 e. The van der Waals surface area contributed by atoms with Crippen LogP contribution in [0.5, 0.6) is 5.88 Å². The molecule has 0 radical (unpaired) electrons. The van der Waals surface area contributed by atoms with Gasteiger partial charge in [-0.15, -0.1) is 0 Å². The first kappa shape index (κ1) is 49.4. The van der Waals surface area contributed by atoms with Crippen molar-refractivity contribution in [2.24, 2.45) is 40.4 Å². The van der Waals surface area contributed by atoms with Crippen molar-refractivity contribution in [1.29, 1.82) is 0 Å². The minimum absolute atomic E-state index is 0. The first-order valence-electron chi connectivity index (χ1n) is 23.2. The Kier molecular flexibility index (Phi) is 18.6. The number of rotatable bonds is 14. The van der Waals surface area contributed by atoms with Gasteiger partial charge in [-0.25, -0.2) is 0 Å². The van der Waals surface area contributed by atoms with Crippen molar-refractivity contribution < 1.29 is 14.2 Å². The summed E-state index contributed by atoms with van der Waals surface area (Å²) in [6.45, 7) is 31.7. The van der Waals surface area contributed by atoms with Gasteiger partial charge in [-0.05, 0) is 0 Å². The molecule has 8 unspecified atom stereocenters. The summed E-state index contributed by atoms with van der Waals surface area (Å²) < 4.78 is 27.1. The molecule has 0 spiro atoms. The van der Waals surface area contributed by atoms with Gasteiger partial charge in [0.25, 0.3) is 0 Å². The summed E-state index contributed by atoms with van der Waals surface area (Å²) in [6.07, 6.45) is 23.2. The van der Waals surface area contributed by atoms with Crippen LogP contribution >= 0.6 is 11.7 Å². The Balaban J connectivity index is 0.00000252. The zero-order valence-electron chi connectivity index (χ0n) is 38.7. The molecule has 0 bridgehead atoms. The number of morpholine rings is 1. The van der Waals surface area contributed by atoms with Crippen molar-refractivity contribution >= 4 is 30.6 Å². The smallest absolute Gasteiger partial charge is 0.0683 e. The Bertz CT molecular complexity index is 1600. The van der Waals surface area contributed by atoms with Crippen molar-refractivity contribution in [1.82, 2.24) is 13.6 Å². The third kappa shape index (κ3) is 11.8. The number of methoxy groups -OCH3 is 1. The Hall–Kier alpha value is -2.23. The van der Waals surface area contributed by atoms with Gasteiger partial charge in [0.05, 0.1) is 0 Å². The molecular formula is C50H85BN4O3S. The number of anilines is 1. The Morgan fingerprint density at radius 3 is 2.47 bits per heavy atom. The number of hydrogen-bond acceptors (Lipinski definition) is 8. The zero-order chi connectivity index (χ0) is 42.1. The van der Waals surface area contributed by atoms with Gasteiger partial charge in [0.2, 0.25) is 0 Å². The Morgan fingerprint density at radius 1 is 1.07 bits per heavy atom. The molecule has 4 fully saturated rings. The second-order valence-electron chi connectivity index (χ2n) is 19.9. The van der Waals surface area contributed by atoms with Crippen molar-refractivity contribution in [3.8, 4) is 5.88 Å². The molecule has 9 heteroatoms. The van der Waals surface area contributed by atoms with Crippen LogP contribution in [0.25, 0.3) is 0 Å². The van der Waals surface area contributed by atoms with Gasteiger partial charge < -0.3 is 0 Å². The van der Waals surface area contributed by atoms with Gasteiger partial charge in [0.15, 0.2) is 0 Å². The molecule has 0 N–H and O–H groups in total. The van der Waals surface area contributed by atoms with E-state index >= 15 is 0 Å². The average molecular weight is 833 g/mol. The molecule has 7 nitrogen and oxygen atoms in total. The van der Waals surface area contributed by atoms with Gasteiger partial charge in [-0.2, -0.15) is 0 Å². The van der Waals surface area contributed by atoms with Crippen LogP contribution in [0.4, 0.5) is 5.82 Å². The van der Waals surface area contributed by atoms with E-state index in [0.29, 0.717) is 49.5 Å². The number of fused-ring (bicyclic) bond motifs is 5. The molecule has 59 heavy (non-hydrogen) atoms. The van der Waals surface area contributed by atoms with Crippen molar-refractivity contribution in [3.63, 3.8) is 0 Å². The molecule has 1 aromatic rings. The second kappa shape index (κ2) is 22.2.